The second-order valence-corrected chi connectivity index (χ2v) is 9.01. The van der Waals surface area contributed by atoms with Crippen LogP contribution in [0, 0.1) is 27.7 Å². The Kier molecular flexibility index (Phi) is 6.57. The molecular weight excluding hydrogens is 483 g/mol. The maximum Gasteiger partial charge on any atom is 0.262 e. The van der Waals surface area contributed by atoms with E-state index in [2.05, 4.69) is 10.3 Å². The van der Waals surface area contributed by atoms with Crippen LogP contribution in [-0.4, -0.2) is 17.5 Å². The smallest absolute Gasteiger partial charge is 0.262 e. The summed E-state index contributed by atoms with van der Waals surface area (Å²) in [4.78, 5) is 17.2. The molecule has 4 rings (SSSR count). The molecule has 0 aliphatic heterocycles. The number of anilines is 1. The molecule has 0 bridgehead atoms. The Morgan fingerprint density at radius 2 is 1.67 bits per heavy atom. The normalized spacial score (nSPS) is 11.1. The predicted octanol–water partition coefficient (Wildman–Crippen LogP) is 7.71. The summed E-state index contributed by atoms with van der Waals surface area (Å²) in [6.45, 7) is 7.16. The van der Waals surface area contributed by atoms with Crippen molar-refractivity contribution in [3.05, 3.63) is 73.7 Å². The number of hydrogen-bond acceptors (Lipinski definition) is 4. The van der Waals surface area contributed by atoms with Crippen molar-refractivity contribution in [3.8, 4) is 17.2 Å². The molecule has 0 unspecified atom stereocenters. The van der Waals surface area contributed by atoms with Crippen LogP contribution in [0.15, 0.2) is 40.8 Å². The molecule has 3 aromatic carbocycles. The first-order valence-corrected chi connectivity index (χ1v) is 11.3. The van der Waals surface area contributed by atoms with E-state index in [1.807, 2.05) is 50.2 Å². The van der Waals surface area contributed by atoms with Gasteiger partial charge < -0.3 is 14.5 Å². The third kappa shape index (κ3) is 4.67. The minimum absolute atomic E-state index is 0.236. The van der Waals surface area contributed by atoms with E-state index >= 15 is 0 Å². The molecule has 33 heavy (non-hydrogen) atoms. The molecule has 0 aliphatic rings. The Morgan fingerprint density at radius 3 is 2.36 bits per heavy atom. The molecule has 1 N–H and O–H groups in total. The molecule has 8 heteroatoms. The molecule has 170 valence electrons. The monoisotopic (exact) mass is 502 g/mol. The average Bonchev–Trinajstić information content (AvgIpc) is 3.21. The van der Waals surface area contributed by atoms with Gasteiger partial charge in [0.2, 0.25) is 5.89 Å². The number of nitrogens with one attached hydrogen (secondary N) is 1. The number of amides is 1. The van der Waals surface area contributed by atoms with Gasteiger partial charge in [0.25, 0.3) is 5.91 Å². The highest BCUT2D eigenvalue weighted by Gasteiger charge is 2.19. The van der Waals surface area contributed by atoms with Crippen LogP contribution in [0.4, 0.5) is 5.69 Å². The van der Waals surface area contributed by atoms with Crippen molar-refractivity contribution in [1.82, 2.24) is 4.98 Å². The number of hydrogen-bond donors (Lipinski definition) is 1. The Balaban J connectivity index is 1.53. The van der Waals surface area contributed by atoms with E-state index in [1.54, 1.807) is 13.8 Å². The first-order valence-electron chi connectivity index (χ1n) is 10.2. The molecule has 4 aromatic rings. The molecule has 0 radical (unpaired) electrons. The third-order valence-electron chi connectivity index (χ3n) is 5.36. The molecule has 0 spiro atoms. The molecule has 0 saturated heterocycles. The lowest BCUT2D eigenvalue weighted by atomic mass is 10.1. The fourth-order valence-electron chi connectivity index (χ4n) is 3.41. The minimum atomic E-state index is -0.360. The quantitative estimate of drug-likeness (QED) is 0.303. The van der Waals surface area contributed by atoms with Crippen molar-refractivity contribution in [2.75, 3.05) is 11.9 Å². The van der Waals surface area contributed by atoms with Crippen LogP contribution in [0.2, 0.25) is 15.1 Å². The van der Waals surface area contributed by atoms with Crippen molar-refractivity contribution in [2.45, 2.75) is 27.7 Å². The zero-order valence-corrected chi connectivity index (χ0v) is 20.7. The van der Waals surface area contributed by atoms with Gasteiger partial charge in [0.1, 0.15) is 5.52 Å². The molecular formula is C25H21Cl3N2O3. The molecule has 0 atom stereocenters. The molecule has 0 aliphatic carbocycles. The van der Waals surface area contributed by atoms with E-state index in [1.165, 1.54) is 0 Å². The topological polar surface area (TPSA) is 64.4 Å². The zero-order valence-electron chi connectivity index (χ0n) is 18.5. The minimum Gasteiger partial charge on any atom is -0.481 e. The highest BCUT2D eigenvalue weighted by Crippen LogP contribution is 2.42. The van der Waals surface area contributed by atoms with Crippen molar-refractivity contribution in [2.24, 2.45) is 0 Å². The number of carbonyl (C=O) groups is 1. The Labute approximate surface area is 206 Å². The summed E-state index contributed by atoms with van der Waals surface area (Å²) >= 11 is 18.9. The maximum atomic E-state index is 12.6. The number of fused-ring (bicyclic) bond motifs is 1. The number of aryl methyl sites for hydroxylation is 2. The molecule has 1 aromatic heterocycles. The lowest BCUT2D eigenvalue weighted by Gasteiger charge is -2.16. The number of oxazole rings is 1. The maximum absolute atomic E-state index is 12.6. The van der Waals surface area contributed by atoms with E-state index in [4.69, 9.17) is 44.0 Å². The van der Waals surface area contributed by atoms with Gasteiger partial charge in [-0.05, 0) is 74.2 Å². The van der Waals surface area contributed by atoms with Crippen molar-refractivity contribution in [3.63, 3.8) is 0 Å². The summed E-state index contributed by atoms with van der Waals surface area (Å²) in [6.07, 6.45) is 0. The number of rotatable bonds is 5. The number of benzene rings is 3. The van der Waals surface area contributed by atoms with Crippen molar-refractivity contribution < 1.29 is 13.9 Å². The number of ether oxygens (including phenoxy) is 1. The van der Waals surface area contributed by atoms with Crippen molar-refractivity contribution in [1.29, 1.82) is 0 Å². The summed E-state index contributed by atoms with van der Waals surface area (Å²) in [5.41, 5.74) is 6.14. The lowest BCUT2D eigenvalue weighted by Crippen LogP contribution is -2.21. The highest BCUT2D eigenvalue weighted by molar-refractivity contribution is 6.42. The second-order valence-electron chi connectivity index (χ2n) is 7.88. The molecule has 5 nitrogen and oxygen atoms in total. The Hall–Kier alpha value is -2.73. The van der Waals surface area contributed by atoms with Crippen LogP contribution >= 0.6 is 34.8 Å². The molecule has 1 heterocycles. The first kappa shape index (κ1) is 23.4. The molecule has 0 fully saturated rings. The van der Waals surface area contributed by atoms with Crippen LogP contribution in [0.25, 0.3) is 22.6 Å². The van der Waals surface area contributed by atoms with Crippen LogP contribution in [0.3, 0.4) is 0 Å². The van der Waals surface area contributed by atoms with Crippen LogP contribution in [-0.2, 0) is 4.79 Å². The summed E-state index contributed by atoms with van der Waals surface area (Å²) in [5, 5.41) is 3.91. The fraction of sp³-hybridized carbons (Fsp3) is 0.200. The van der Waals surface area contributed by atoms with Crippen molar-refractivity contribution >= 4 is 57.5 Å². The average molecular weight is 504 g/mol. The summed E-state index contributed by atoms with van der Waals surface area (Å²) in [5.74, 6) is 0.356. The number of aromatic nitrogens is 1. The summed E-state index contributed by atoms with van der Waals surface area (Å²) in [7, 11) is 0. The van der Waals surface area contributed by atoms with Gasteiger partial charge in [-0.25, -0.2) is 4.98 Å². The van der Waals surface area contributed by atoms with E-state index in [-0.39, 0.29) is 28.3 Å². The molecule has 1 amide bonds. The van der Waals surface area contributed by atoms with Gasteiger partial charge in [0.05, 0.1) is 10.0 Å². The van der Waals surface area contributed by atoms with Gasteiger partial charge in [0.15, 0.2) is 17.9 Å². The van der Waals surface area contributed by atoms with Crippen LogP contribution < -0.4 is 10.1 Å². The summed E-state index contributed by atoms with van der Waals surface area (Å²) in [6, 6.07) is 11.4. The largest absolute Gasteiger partial charge is 0.481 e. The number of nitrogens with zero attached hydrogens (tertiary/aromatic N) is 1. The Morgan fingerprint density at radius 1 is 0.970 bits per heavy atom. The van der Waals surface area contributed by atoms with Crippen LogP contribution in [0.5, 0.6) is 5.75 Å². The highest BCUT2D eigenvalue weighted by atomic mass is 35.5. The second kappa shape index (κ2) is 9.26. The standard InChI is InChI=1S/C25H21Cl3N2O3/c1-12-5-8-19-18(9-12)30-25(33-19)16-7-6-13(2)17(10-16)29-20(31)11-32-24-22(27)14(3)21(26)15(4)23(24)28/h5-10H,11H2,1-4H3,(H,29,31). The fourth-order valence-corrected chi connectivity index (χ4v) is 4.23. The van der Waals surface area contributed by atoms with Gasteiger partial charge >= 0.3 is 0 Å². The van der Waals surface area contributed by atoms with E-state index in [0.717, 1.165) is 22.2 Å². The number of halogens is 3. The van der Waals surface area contributed by atoms with Gasteiger partial charge in [-0.2, -0.15) is 0 Å². The van der Waals surface area contributed by atoms with E-state index < -0.39 is 0 Å². The predicted molar refractivity (Wildman–Crippen MR) is 134 cm³/mol. The number of carbonyl (C=O) groups excluding carboxylic acids is 1. The van der Waals surface area contributed by atoms with E-state index in [0.29, 0.717) is 33.3 Å². The summed E-state index contributed by atoms with van der Waals surface area (Å²) < 4.78 is 11.5. The first-order chi connectivity index (χ1) is 15.7. The third-order valence-corrected chi connectivity index (χ3v) is 6.84. The lowest BCUT2D eigenvalue weighted by molar-refractivity contribution is -0.118. The van der Waals surface area contributed by atoms with Gasteiger partial charge in [-0.3, -0.25) is 4.79 Å². The van der Waals surface area contributed by atoms with Gasteiger partial charge in [-0.1, -0.05) is 46.9 Å². The molecule has 0 saturated carbocycles. The van der Waals surface area contributed by atoms with Crippen LogP contribution in [0.1, 0.15) is 22.3 Å². The van der Waals surface area contributed by atoms with Gasteiger partial charge in [0, 0.05) is 16.3 Å². The SMILES string of the molecule is Cc1ccc2oc(-c3ccc(C)c(NC(=O)COc4c(Cl)c(C)c(Cl)c(C)c4Cl)c3)nc2c1. The van der Waals surface area contributed by atoms with E-state index in [9.17, 15) is 4.79 Å². The zero-order chi connectivity index (χ0) is 23.9. The Bertz CT molecular complexity index is 1370. The van der Waals surface area contributed by atoms with Gasteiger partial charge in [-0.15, -0.1) is 0 Å².